The summed E-state index contributed by atoms with van der Waals surface area (Å²) >= 11 is 0. The first kappa shape index (κ1) is 21.4. The Hall–Kier alpha value is -3.40. The summed E-state index contributed by atoms with van der Waals surface area (Å²) in [7, 11) is 0. The first-order valence-corrected chi connectivity index (χ1v) is 11.0. The molecule has 1 aliphatic carbocycles. The summed E-state index contributed by atoms with van der Waals surface area (Å²) in [5.74, 6) is -0.829. The van der Waals surface area contributed by atoms with Gasteiger partial charge in [0.25, 0.3) is 5.91 Å². The van der Waals surface area contributed by atoms with Crippen LogP contribution < -0.4 is 10.2 Å². The Balaban J connectivity index is 1.32. The number of hydrogen-bond donors (Lipinski definition) is 2. The molecule has 172 valence electrons. The van der Waals surface area contributed by atoms with Crippen LogP contribution in [0.2, 0.25) is 0 Å². The molecule has 1 aromatic carbocycles. The van der Waals surface area contributed by atoms with E-state index in [0.717, 1.165) is 11.9 Å². The fourth-order valence-electron chi connectivity index (χ4n) is 3.89. The predicted octanol–water partition coefficient (Wildman–Crippen LogP) is 2.06. The highest BCUT2D eigenvalue weighted by atomic mass is 19.1. The summed E-state index contributed by atoms with van der Waals surface area (Å²) in [5, 5.41) is 17.2. The third-order valence-electron chi connectivity index (χ3n) is 6.12. The Bertz CT molecular complexity index is 1200. The van der Waals surface area contributed by atoms with Crippen molar-refractivity contribution in [2.45, 2.75) is 44.4 Å². The minimum Gasteiger partial charge on any atom is -0.380 e. The Morgan fingerprint density at radius 1 is 1.24 bits per heavy atom. The first-order chi connectivity index (χ1) is 15.9. The predicted molar refractivity (Wildman–Crippen MR) is 116 cm³/mol. The van der Waals surface area contributed by atoms with E-state index in [1.165, 1.54) is 6.07 Å². The minimum absolute atomic E-state index is 0.136. The van der Waals surface area contributed by atoms with Crippen LogP contribution >= 0.6 is 0 Å². The molecule has 0 spiro atoms. The smallest absolute Gasteiger partial charge is 0.252 e. The summed E-state index contributed by atoms with van der Waals surface area (Å²) in [5.41, 5.74) is 0.650. The van der Waals surface area contributed by atoms with Gasteiger partial charge in [0.05, 0.1) is 18.8 Å². The van der Waals surface area contributed by atoms with Gasteiger partial charge < -0.3 is 15.3 Å². The van der Waals surface area contributed by atoms with Crippen molar-refractivity contribution in [3.05, 3.63) is 59.4 Å². The molecule has 10 heteroatoms. The van der Waals surface area contributed by atoms with E-state index in [4.69, 9.17) is 0 Å². The van der Waals surface area contributed by atoms with Crippen molar-refractivity contribution in [3.63, 3.8) is 0 Å². The molecule has 0 atom stereocenters. The van der Waals surface area contributed by atoms with Crippen molar-refractivity contribution in [1.82, 2.24) is 25.1 Å². The number of nitrogens with zero attached hydrogens (tertiary/aromatic N) is 5. The number of aliphatic hydroxyl groups is 1. The molecule has 2 aromatic heterocycles. The van der Waals surface area contributed by atoms with Gasteiger partial charge in [-0.3, -0.25) is 9.48 Å². The Morgan fingerprint density at radius 2 is 2.00 bits per heavy atom. The first-order valence-electron chi connectivity index (χ1n) is 11.0. The molecule has 0 bridgehead atoms. The second-order valence-electron chi connectivity index (χ2n) is 8.60. The molecule has 3 heterocycles. The topological polar surface area (TPSA) is 96.2 Å². The average molecular weight is 454 g/mol. The largest absolute Gasteiger partial charge is 0.380 e. The molecule has 0 unspecified atom stereocenters. The summed E-state index contributed by atoms with van der Waals surface area (Å²) in [6.07, 6.45) is 2.73. The van der Waals surface area contributed by atoms with Crippen LogP contribution in [-0.4, -0.2) is 55.5 Å². The van der Waals surface area contributed by atoms with E-state index in [1.807, 2.05) is 13.0 Å². The molecular formula is C23H24F2N6O2. The van der Waals surface area contributed by atoms with Crippen LogP contribution in [0.5, 0.6) is 0 Å². The van der Waals surface area contributed by atoms with Crippen molar-refractivity contribution < 1.29 is 18.7 Å². The summed E-state index contributed by atoms with van der Waals surface area (Å²) < 4.78 is 30.3. The lowest BCUT2D eigenvalue weighted by atomic mass is 10.1. The van der Waals surface area contributed by atoms with Crippen molar-refractivity contribution in [2.24, 2.45) is 0 Å². The number of nitrogens with one attached hydrogen (secondary N) is 1. The second-order valence-corrected chi connectivity index (χ2v) is 8.60. The van der Waals surface area contributed by atoms with Gasteiger partial charge in [0.15, 0.2) is 17.5 Å². The lowest BCUT2D eigenvalue weighted by Gasteiger charge is -2.40. The van der Waals surface area contributed by atoms with E-state index in [-0.39, 0.29) is 36.0 Å². The number of rotatable bonds is 7. The zero-order valence-electron chi connectivity index (χ0n) is 18.1. The van der Waals surface area contributed by atoms with Crippen LogP contribution in [0.4, 0.5) is 14.6 Å². The SMILES string of the molecule is CCc1cc(-c2ncc(F)c(N3CC(NC(=O)C4(O)CC4)C3)n2)nn1Cc1ccccc1F. The lowest BCUT2D eigenvalue weighted by Crippen LogP contribution is -2.61. The lowest BCUT2D eigenvalue weighted by molar-refractivity contribution is -0.132. The van der Waals surface area contributed by atoms with Gasteiger partial charge in [-0.15, -0.1) is 0 Å². The number of amides is 1. The number of aromatic nitrogens is 4. The van der Waals surface area contributed by atoms with E-state index in [0.29, 0.717) is 43.6 Å². The standard InChI is InChI=1S/C23H24F2N6O2/c1-2-16-9-19(29-31(16)11-14-5-3-4-6-17(14)24)20-26-10-18(25)21(28-20)30-12-15(13-30)27-22(32)23(33)7-8-23/h3-6,9-10,15,33H,2,7-8,11-13H2,1H3,(H,27,32). The number of aryl methyl sites for hydroxylation is 1. The van der Waals surface area contributed by atoms with Crippen LogP contribution in [-0.2, 0) is 17.8 Å². The van der Waals surface area contributed by atoms with Gasteiger partial charge in [0.2, 0.25) is 0 Å². The zero-order valence-corrected chi connectivity index (χ0v) is 18.1. The normalized spacial score (nSPS) is 17.0. The number of carbonyl (C=O) groups is 1. The monoisotopic (exact) mass is 454 g/mol. The summed E-state index contributed by atoms with van der Waals surface area (Å²) in [4.78, 5) is 22.2. The molecular weight excluding hydrogens is 430 g/mol. The Kier molecular flexibility index (Phi) is 5.32. The zero-order chi connectivity index (χ0) is 23.2. The minimum atomic E-state index is -1.23. The maximum Gasteiger partial charge on any atom is 0.252 e. The van der Waals surface area contributed by atoms with Crippen LogP contribution in [0.1, 0.15) is 31.0 Å². The van der Waals surface area contributed by atoms with E-state index in [2.05, 4.69) is 20.4 Å². The van der Waals surface area contributed by atoms with Gasteiger partial charge in [-0.25, -0.2) is 18.7 Å². The van der Waals surface area contributed by atoms with Crippen LogP contribution in [0.25, 0.3) is 11.5 Å². The van der Waals surface area contributed by atoms with Crippen molar-refractivity contribution in [1.29, 1.82) is 0 Å². The molecule has 1 saturated carbocycles. The second kappa shape index (κ2) is 8.18. The van der Waals surface area contributed by atoms with Crippen molar-refractivity contribution >= 4 is 11.7 Å². The number of carbonyl (C=O) groups excluding carboxylic acids is 1. The molecule has 2 N–H and O–H groups in total. The molecule has 2 fully saturated rings. The van der Waals surface area contributed by atoms with Crippen LogP contribution in [0, 0.1) is 11.6 Å². The molecule has 1 aliphatic heterocycles. The van der Waals surface area contributed by atoms with Crippen molar-refractivity contribution in [2.75, 3.05) is 18.0 Å². The maximum atomic E-state index is 14.5. The van der Waals surface area contributed by atoms with Gasteiger partial charge in [0, 0.05) is 24.3 Å². The van der Waals surface area contributed by atoms with E-state index < -0.39 is 11.4 Å². The average Bonchev–Trinajstić information content (AvgIpc) is 3.40. The Labute approximate surface area is 189 Å². The fraction of sp³-hybridized carbons (Fsp3) is 0.391. The molecule has 2 aliphatic rings. The van der Waals surface area contributed by atoms with Gasteiger partial charge in [-0.05, 0) is 31.4 Å². The highest BCUT2D eigenvalue weighted by molar-refractivity contribution is 5.88. The maximum absolute atomic E-state index is 14.5. The molecule has 33 heavy (non-hydrogen) atoms. The third-order valence-corrected chi connectivity index (χ3v) is 6.12. The van der Waals surface area contributed by atoms with Gasteiger partial charge in [0.1, 0.15) is 17.1 Å². The summed E-state index contributed by atoms with van der Waals surface area (Å²) in [6, 6.07) is 8.19. The van der Waals surface area contributed by atoms with E-state index in [9.17, 15) is 18.7 Å². The van der Waals surface area contributed by atoms with E-state index >= 15 is 0 Å². The number of halogens is 2. The molecule has 8 nitrogen and oxygen atoms in total. The fourth-order valence-corrected chi connectivity index (χ4v) is 3.89. The summed E-state index contributed by atoms with van der Waals surface area (Å²) in [6.45, 7) is 3.01. The quantitative estimate of drug-likeness (QED) is 0.568. The highest BCUT2D eigenvalue weighted by Gasteiger charge is 2.49. The number of hydrogen-bond acceptors (Lipinski definition) is 6. The van der Waals surface area contributed by atoms with E-state index in [1.54, 1.807) is 27.8 Å². The number of benzene rings is 1. The highest BCUT2D eigenvalue weighted by Crippen LogP contribution is 2.35. The molecule has 1 saturated heterocycles. The van der Waals surface area contributed by atoms with Crippen LogP contribution in [0.15, 0.2) is 36.5 Å². The van der Waals surface area contributed by atoms with Gasteiger partial charge in [-0.2, -0.15) is 5.10 Å². The Morgan fingerprint density at radius 3 is 2.70 bits per heavy atom. The van der Waals surface area contributed by atoms with Gasteiger partial charge >= 0.3 is 0 Å². The molecule has 5 rings (SSSR count). The van der Waals surface area contributed by atoms with Gasteiger partial charge in [-0.1, -0.05) is 25.1 Å². The molecule has 1 amide bonds. The van der Waals surface area contributed by atoms with Crippen LogP contribution in [0.3, 0.4) is 0 Å². The van der Waals surface area contributed by atoms with Crippen molar-refractivity contribution in [3.8, 4) is 11.5 Å². The molecule has 3 aromatic rings. The third kappa shape index (κ3) is 4.18. The molecule has 0 radical (unpaired) electrons. The number of anilines is 1.